The van der Waals surface area contributed by atoms with Crippen LogP contribution in [0.4, 0.5) is 0 Å². The monoisotopic (exact) mass is 282 g/mol. The highest BCUT2D eigenvalue weighted by Crippen LogP contribution is 2.12. The summed E-state index contributed by atoms with van der Waals surface area (Å²) in [6, 6.07) is 7.62. The minimum Gasteiger partial charge on any atom is -0.286 e. The smallest absolute Gasteiger partial charge is 0.223 e. The van der Waals surface area contributed by atoms with E-state index in [9.17, 15) is 4.79 Å². The molecule has 2 rings (SSSR count). The van der Waals surface area contributed by atoms with Gasteiger partial charge < -0.3 is 0 Å². The van der Waals surface area contributed by atoms with Gasteiger partial charge in [-0.2, -0.15) is 5.10 Å². The summed E-state index contributed by atoms with van der Waals surface area (Å²) in [7, 11) is 0. The van der Waals surface area contributed by atoms with Gasteiger partial charge in [0.05, 0.1) is 10.9 Å². The number of benzene rings is 1. The van der Waals surface area contributed by atoms with Crippen LogP contribution in [0.1, 0.15) is 46.2 Å². The van der Waals surface area contributed by atoms with Crippen LogP contribution in [0.25, 0.3) is 10.9 Å². The Bertz CT molecular complexity index is 755. The van der Waals surface area contributed by atoms with Crippen molar-refractivity contribution < 1.29 is 0 Å². The molecule has 0 saturated heterocycles. The second-order valence-electron chi connectivity index (χ2n) is 6.27. The summed E-state index contributed by atoms with van der Waals surface area (Å²) in [4.78, 5) is 12.5. The minimum atomic E-state index is -0.145. The molecule has 110 valence electrons. The third kappa shape index (κ3) is 3.72. The molecule has 3 heteroatoms. The minimum absolute atomic E-state index is 0.0740. The summed E-state index contributed by atoms with van der Waals surface area (Å²) in [5.41, 5.74) is 1.01. The molecule has 1 heterocycles. The number of aryl methyl sites for hydroxylation is 1. The Kier molecular flexibility index (Phi) is 4.47. The molecule has 0 aliphatic carbocycles. The Labute approximate surface area is 126 Å². The van der Waals surface area contributed by atoms with E-state index in [-0.39, 0.29) is 10.8 Å². The standard InChI is InChI=1S/C18H22N2O/c1-5-6-13-20-16-10-8-7-9-14(16)17(21)15(19-20)11-12-18(2,3)4/h7-10H,5-6,13H2,1-4H3. The molecule has 0 aliphatic rings. The van der Waals surface area contributed by atoms with E-state index in [0.29, 0.717) is 11.1 Å². The van der Waals surface area contributed by atoms with Gasteiger partial charge in [-0.25, -0.2) is 0 Å². The molecular formula is C18H22N2O. The van der Waals surface area contributed by atoms with Crippen molar-refractivity contribution >= 4 is 10.9 Å². The molecule has 0 unspecified atom stereocenters. The van der Waals surface area contributed by atoms with Crippen molar-refractivity contribution in [3.63, 3.8) is 0 Å². The van der Waals surface area contributed by atoms with Gasteiger partial charge in [-0.1, -0.05) is 31.4 Å². The molecule has 0 saturated carbocycles. The predicted molar refractivity (Wildman–Crippen MR) is 87.2 cm³/mol. The summed E-state index contributed by atoms with van der Waals surface area (Å²) in [5.74, 6) is 6.07. The number of hydrogen-bond donors (Lipinski definition) is 0. The van der Waals surface area contributed by atoms with Crippen LogP contribution in [0, 0.1) is 17.3 Å². The van der Waals surface area contributed by atoms with Gasteiger partial charge in [0.25, 0.3) is 0 Å². The van der Waals surface area contributed by atoms with Crippen molar-refractivity contribution in [2.45, 2.75) is 47.1 Å². The molecular weight excluding hydrogens is 260 g/mol. The fourth-order valence-electron chi connectivity index (χ4n) is 2.05. The van der Waals surface area contributed by atoms with Gasteiger partial charge in [0, 0.05) is 12.0 Å². The van der Waals surface area contributed by atoms with E-state index in [2.05, 4.69) is 23.9 Å². The SMILES string of the molecule is CCCCn1nc(C#CC(C)(C)C)c(=O)c2ccccc21. The molecule has 0 N–H and O–H groups in total. The van der Waals surface area contributed by atoms with Gasteiger partial charge in [-0.3, -0.25) is 9.48 Å². The average Bonchev–Trinajstić information content (AvgIpc) is 2.45. The van der Waals surface area contributed by atoms with E-state index in [1.807, 2.05) is 49.7 Å². The molecule has 21 heavy (non-hydrogen) atoms. The number of unbranched alkanes of at least 4 members (excludes halogenated alkanes) is 1. The molecule has 0 amide bonds. The van der Waals surface area contributed by atoms with E-state index in [1.54, 1.807) is 0 Å². The van der Waals surface area contributed by atoms with Crippen molar-refractivity contribution in [1.82, 2.24) is 9.78 Å². The zero-order chi connectivity index (χ0) is 15.5. The highest BCUT2D eigenvalue weighted by molar-refractivity contribution is 5.79. The molecule has 3 nitrogen and oxygen atoms in total. The molecule has 0 bridgehead atoms. The maximum absolute atomic E-state index is 12.5. The Morgan fingerprint density at radius 3 is 2.62 bits per heavy atom. The van der Waals surface area contributed by atoms with Gasteiger partial charge in [-0.05, 0) is 45.2 Å². The highest BCUT2D eigenvalue weighted by Gasteiger charge is 2.10. The van der Waals surface area contributed by atoms with Crippen molar-refractivity contribution in [2.24, 2.45) is 5.41 Å². The van der Waals surface area contributed by atoms with Gasteiger partial charge in [0.1, 0.15) is 0 Å². The van der Waals surface area contributed by atoms with Gasteiger partial charge in [0.15, 0.2) is 5.69 Å². The van der Waals surface area contributed by atoms with Crippen molar-refractivity contribution in [3.8, 4) is 11.8 Å². The molecule has 0 spiro atoms. The fraction of sp³-hybridized carbons (Fsp3) is 0.444. The Morgan fingerprint density at radius 1 is 1.24 bits per heavy atom. The first-order valence-electron chi connectivity index (χ1n) is 7.45. The number of rotatable bonds is 3. The number of hydrogen-bond acceptors (Lipinski definition) is 2. The molecule has 0 fully saturated rings. The Morgan fingerprint density at radius 2 is 1.95 bits per heavy atom. The van der Waals surface area contributed by atoms with Crippen LogP contribution >= 0.6 is 0 Å². The highest BCUT2D eigenvalue weighted by atomic mass is 16.1. The Hall–Kier alpha value is -2.08. The van der Waals surface area contributed by atoms with E-state index in [4.69, 9.17) is 0 Å². The molecule has 1 aromatic carbocycles. The predicted octanol–water partition coefficient (Wildman–Crippen LogP) is 3.59. The zero-order valence-electron chi connectivity index (χ0n) is 13.2. The molecule has 1 aromatic heterocycles. The van der Waals surface area contributed by atoms with Crippen LogP contribution in [0.15, 0.2) is 29.1 Å². The topological polar surface area (TPSA) is 34.9 Å². The van der Waals surface area contributed by atoms with Crippen LogP contribution < -0.4 is 5.43 Å². The van der Waals surface area contributed by atoms with Crippen LogP contribution in [0.5, 0.6) is 0 Å². The quantitative estimate of drug-likeness (QED) is 0.806. The number of para-hydroxylation sites is 1. The number of nitrogens with zero attached hydrogens (tertiary/aromatic N) is 2. The largest absolute Gasteiger partial charge is 0.286 e. The molecule has 0 atom stereocenters. The molecule has 0 radical (unpaired) electrons. The van der Waals surface area contributed by atoms with Crippen molar-refractivity contribution in [2.75, 3.05) is 0 Å². The summed E-state index contributed by atoms with van der Waals surface area (Å²) in [6.45, 7) is 9.02. The van der Waals surface area contributed by atoms with E-state index >= 15 is 0 Å². The van der Waals surface area contributed by atoms with Crippen molar-refractivity contribution in [1.29, 1.82) is 0 Å². The molecule has 0 aliphatic heterocycles. The summed E-state index contributed by atoms with van der Waals surface area (Å²) in [6.07, 6.45) is 2.12. The lowest BCUT2D eigenvalue weighted by molar-refractivity contribution is 0.568. The molecule has 2 aromatic rings. The van der Waals surface area contributed by atoms with Gasteiger partial charge in [0.2, 0.25) is 5.43 Å². The number of fused-ring (bicyclic) bond motifs is 1. The maximum atomic E-state index is 12.5. The van der Waals surface area contributed by atoms with Crippen LogP contribution in [0.3, 0.4) is 0 Å². The van der Waals surface area contributed by atoms with Crippen LogP contribution in [-0.4, -0.2) is 9.78 Å². The lowest BCUT2D eigenvalue weighted by Gasteiger charge is -2.10. The Balaban J connectivity index is 2.63. The second kappa shape index (κ2) is 6.13. The van der Waals surface area contributed by atoms with Gasteiger partial charge in [-0.15, -0.1) is 0 Å². The number of aromatic nitrogens is 2. The lowest BCUT2D eigenvalue weighted by Crippen LogP contribution is -2.18. The first-order valence-corrected chi connectivity index (χ1v) is 7.45. The lowest BCUT2D eigenvalue weighted by atomic mass is 9.98. The van der Waals surface area contributed by atoms with Crippen LogP contribution in [-0.2, 0) is 6.54 Å². The van der Waals surface area contributed by atoms with Crippen LogP contribution in [0.2, 0.25) is 0 Å². The summed E-state index contributed by atoms with van der Waals surface area (Å²) < 4.78 is 1.91. The summed E-state index contributed by atoms with van der Waals surface area (Å²) >= 11 is 0. The first-order chi connectivity index (χ1) is 9.92. The van der Waals surface area contributed by atoms with E-state index in [0.717, 1.165) is 24.9 Å². The fourth-order valence-corrected chi connectivity index (χ4v) is 2.05. The summed E-state index contributed by atoms with van der Waals surface area (Å²) in [5, 5.41) is 5.17. The maximum Gasteiger partial charge on any atom is 0.223 e. The second-order valence-corrected chi connectivity index (χ2v) is 6.27. The first kappa shape index (κ1) is 15.3. The third-order valence-electron chi connectivity index (χ3n) is 3.14. The normalized spacial score (nSPS) is 11.2. The van der Waals surface area contributed by atoms with E-state index < -0.39 is 0 Å². The van der Waals surface area contributed by atoms with Crippen molar-refractivity contribution in [3.05, 3.63) is 40.2 Å². The van der Waals surface area contributed by atoms with E-state index in [1.165, 1.54) is 0 Å². The average molecular weight is 282 g/mol. The third-order valence-corrected chi connectivity index (χ3v) is 3.14. The zero-order valence-corrected chi connectivity index (χ0v) is 13.2. The van der Waals surface area contributed by atoms with Gasteiger partial charge >= 0.3 is 0 Å².